The van der Waals surface area contributed by atoms with Crippen molar-refractivity contribution in [3.05, 3.63) is 6.33 Å². The Morgan fingerprint density at radius 1 is 1.40 bits per heavy atom. The molecule has 0 spiro atoms. The summed E-state index contributed by atoms with van der Waals surface area (Å²) < 4.78 is 1.91. The van der Waals surface area contributed by atoms with Gasteiger partial charge in [-0.2, -0.15) is 0 Å². The molecule has 0 aliphatic heterocycles. The molecule has 8 heteroatoms. The number of hydrogen-bond acceptors (Lipinski definition) is 6. The highest BCUT2D eigenvalue weighted by atomic mass is 32.1. The van der Waals surface area contributed by atoms with Gasteiger partial charge in [0.1, 0.15) is 21.4 Å². The van der Waals surface area contributed by atoms with Gasteiger partial charge in [0.15, 0.2) is 10.9 Å². The summed E-state index contributed by atoms with van der Waals surface area (Å²) in [7, 11) is 3.72. The van der Waals surface area contributed by atoms with Crippen LogP contribution in [0.1, 0.15) is 13.3 Å². The van der Waals surface area contributed by atoms with Crippen molar-refractivity contribution in [1.29, 1.82) is 0 Å². The molecule has 104 valence electrons. The Morgan fingerprint density at radius 3 is 2.90 bits per heavy atom. The molecule has 3 aromatic heterocycles. The van der Waals surface area contributed by atoms with Gasteiger partial charge in [-0.3, -0.25) is 4.79 Å². The molecule has 0 bridgehead atoms. The molecule has 3 aromatic rings. The number of rotatable bonds is 3. The number of thiazole rings is 1. The number of hydrogen-bond donors (Lipinski definition) is 2. The van der Waals surface area contributed by atoms with E-state index in [1.165, 1.54) is 11.3 Å². The Kier molecular flexibility index (Phi) is 3.01. The highest BCUT2D eigenvalue weighted by Gasteiger charge is 2.16. The third-order valence-corrected chi connectivity index (χ3v) is 3.88. The van der Waals surface area contributed by atoms with Gasteiger partial charge in [0, 0.05) is 20.5 Å². The van der Waals surface area contributed by atoms with Gasteiger partial charge in [0.25, 0.3) is 0 Å². The Bertz CT molecular complexity index is 805. The van der Waals surface area contributed by atoms with Crippen molar-refractivity contribution in [2.75, 3.05) is 17.7 Å². The molecule has 3 heterocycles. The van der Waals surface area contributed by atoms with Crippen LogP contribution in [0.5, 0.6) is 0 Å². The molecule has 0 aromatic carbocycles. The van der Waals surface area contributed by atoms with E-state index < -0.39 is 0 Å². The first-order valence-electron chi connectivity index (χ1n) is 6.23. The predicted octanol–water partition coefficient (Wildman–Crippen LogP) is 1.97. The Hall–Kier alpha value is -2.22. The fourth-order valence-electron chi connectivity index (χ4n) is 2.01. The van der Waals surface area contributed by atoms with Crippen molar-refractivity contribution in [1.82, 2.24) is 19.5 Å². The van der Waals surface area contributed by atoms with Crippen molar-refractivity contribution in [3.63, 3.8) is 0 Å². The Morgan fingerprint density at radius 2 is 2.20 bits per heavy atom. The molecule has 0 radical (unpaired) electrons. The average Bonchev–Trinajstić information content (AvgIpc) is 3.00. The van der Waals surface area contributed by atoms with Crippen LogP contribution in [0.2, 0.25) is 0 Å². The highest BCUT2D eigenvalue weighted by Crippen LogP contribution is 2.32. The molecular formula is C12H14N6OS. The second-order valence-electron chi connectivity index (χ2n) is 4.34. The molecule has 0 aliphatic rings. The van der Waals surface area contributed by atoms with Crippen LogP contribution in [-0.2, 0) is 11.8 Å². The first kappa shape index (κ1) is 12.8. The van der Waals surface area contributed by atoms with E-state index in [-0.39, 0.29) is 5.91 Å². The van der Waals surface area contributed by atoms with E-state index in [9.17, 15) is 4.79 Å². The van der Waals surface area contributed by atoms with E-state index in [1.54, 1.807) is 13.3 Å². The number of pyridine rings is 1. The largest absolute Gasteiger partial charge is 0.371 e. The molecule has 0 saturated carbocycles. The maximum Gasteiger partial charge on any atom is 0.225 e. The van der Waals surface area contributed by atoms with Crippen LogP contribution < -0.4 is 10.6 Å². The van der Waals surface area contributed by atoms with Gasteiger partial charge in [-0.15, -0.1) is 0 Å². The molecule has 20 heavy (non-hydrogen) atoms. The van der Waals surface area contributed by atoms with Gasteiger partial charge >= 0.3 is 0 Å². The molecule has 3 rings (SSSR count). The Balaban J connectivity index is 2.24. The van der Waals surface area contributed by atoms with Crippen LogP contribution in [0.3, 0.4) is 0 Å². The number of aryl methyl sites for hydroxylation is 1. The third kappa shape index (κ3) is 1.88. The van der Waals surface area contributed by atoms with Gasteiger partial charge < -0.3 is 15.2 Å². The minimum absolute atomic E-state index is 0.0563. The lowest BCUT2D eigenvalue weighted by molar-refractivity contribution is -0.115. The normalized spacial score (nSPS) is 11.2. The number of carbonyl (C=O) groups is 1. The smallest absolute Gasteiger partial charge is 0.225 e. The zero-order chi connectivity index (χ0) is 14.3. The summed E-state index contributed by atoms with van der Waals surface area (Å²) in [5, 5.41) is 6.38. The van der Waals surface area contributed by atoms with Crippen molar-refractivity contribution in [2.24, 2.45) is 7.05 Å². The van der Waals surface area contributed by atoms with E-state index in [1.807, 2.05) is 18.7 Å². The van der Waals surface area contributed by atoms with Crippen molar-refractivity contribution in [2.45, 2.75) is 13.3 Å². The molecule has 0 unspecified atom stereocenters. The molecule has 7 nitrogen and oxygen atoms in total. The highest BCUT2D eigenvalue weighted by molar-refractivity contribution is 7.22. The number of carbonyl (C=O) groups excluding carboxylic acids is 1. The number of nitrogens with zero attached hydrogens (tertiary/aromatic N) is 4. The summed E-state index contributed by atoms with van der Waals surface area (Å²) in [6, 6.07) is 0. The van der Waals surface area contributed by atoms with Crippen molar-refractivity contribution < 1.29 is 4.79 Å². The van der Waals surface area contributed by atoms with Crippen LogP contribution >= 0.6 is 11.3 Å². The number of fused-ring (bicyclic) bond motifs is 3. The molecule has 2 N–H and O–H groups in total. The van der Waals surface area contributed by atoms with Gasteiger partial charge in [-0.25, -0.2) is 15.0 Å². The lowest BCUT2D eigenvalue weighted by atomic mass is 10.3. The molecule has 0 saturated heterocycles. The summed E-state index contributed by atoms with van der Waals surface area (Å²) in [4.78, 5) is 25.6. The summed E-state index contributed by atoms with van der Waals surface area (Å²) in [6.07, 6.45) is 2.16. The van der Waals surface area contributed by atoms with Crippen LogP contribution in [0, 0.1) is 0 Å². The van der Waals surface area contributed by atoms with E-state index in [4.69, 9.17) is 0 Å². The summed E-state index contributed by atoms with van der Waals surface area (Å²) in [5.41, 5.74) is 2.45. The molecular weight excluding hydrogens is 276 g/mol. The minimum Gasteiger partial charge on any atom is -0.371 e. The molecule has 0 aliphatic carbocycles. The molecule has 0 atom stereocenters. The fraction of sp³-hybridized carbons (Fsp3) is 0.333. The third-order valence-electron chi connectivity index (χ3n) is 3.01. The van der Waals surface area contributed by atoms with Crippen molar-refractivity contribution >= 4 is 49.6 Å². The topological polar surface area (TPSA) is 84.7 Å². The molecule has 0 fully saturated rings. The second-order valence-corrected chi connectivity index (χ2v) is 5.32. The molecule has 1 amide bonds. The first-order valence-corrected chi connectivity index (χ1v) is 7.04. The first-order chi connectivity index (χ1) is 9.63. The van der Waals surface area contributed by atoms with Crippen LogP contribution in [0.15, 0.2) is 6.33 Å². The van der Waals surface area contributed by atoms with Crippen LogP contribution in [-0.4, -0.2) is 32.5 Å². The van der Waals surface area contributed by atoms with E-state index in [2.05, 4.69) is 25.6 Å². The minimum atomic E-state index is -0.0563. The van der Waals surface area contributed by atoms with Gasteiger partial charge in [-0.1, -0.05) is 18.3 Å². The number of aromatic nitrogens is 4. The zero-order valence-corrected chi connectivity index (χ0v) is 12.2. The average molecular weight is 290 g/mol. The van der Waals surface area contributed by atoms with Crippen LogP contribution in [0.4, 0.5) is 10.9 Å². The Labute approximate surface area is 119 Å². The van der Waals surface area contributed by atoms with Gasteiger partial charge in [0.2, 0.25) is 5.91 Å². The van der Waals surface area contributed by atoms with Crippen molar-refractivity contribution in [3.8, 4) is 0 Å². The monoisotopic (exact) mass is 290 g/mol. The SMILES string of the molecule is CCC(=O)Nc1nc2c(nc(NC)c3ncn(C)c32)s1. The summed E-state index contributed by atoms with van der Waals surface area (Å²) >= 11 is 1.36. The number of anilines is 2. The van der Waals surface area contributed by atoms with E-state index in [0.29, 0.717) is 17.4 Å². The fourth-order valence-corrected chi connectivity index (χ4v) is 2.88. The zero-order valence-electron chi connectivity index (χ0n) is 11.4. The van der Waals surface area contributed by atoms with Gasteiger partial charge in [-0.05, 0) is 0 Å². The number of nitrogens with one attached hydrogen (secondary N) is 2. The van der Waals surface area contributed by atoms with Crippen LogP contribution in [0.25, 0.3) is 21.4 Å². The summed E-state index contributed by atoms with van der Waals surface area (Å²) in [5.74, 6) is 0.657. The van der Waals surface area contributed by atoms with E-state index in [0.717, 1.165) is 21.4 Å². The van der Waals surface area contributed by atoms with Gasteiger partial charge in [0.05, 0.1) is 6.33 Å². The predicted molar refractivity (Wildman–Crippen MR) is 80.2 cm³/mol. The standard InChI is InChI=1S/C12H14N6OS/c1-4-6(19)15-12-16-8-9-7(14-5-18(9)3)10(13-2)17-11(8)20-12/h5H,4H2,1-3H3,(H,13,17)(H,15,16,19). The number of amides is 1. The lowest BCUT2D eigenvalue weighted by Crippen LogP contribution is -2.08. The second kappa shape index (κ2) is 4.71. The van der Waals surface area contributed by atoms with E-state index >= 15 is 0 Å². The number of imidazole rings is 1. The lowest BCUT2D eigenvalue weighted by Gasteiger charge is -2.01. The quantitative estimate of drug-likeness (QED) is 0.770. The summed E-state index contributed by atoms with van der Waals surface area (Å²) in [6.45, 7) is 1.80. The maximum absolute atomic E-state index is 11.5. The maximum atomic E-state index is 11.5.